The fraction of sp³-hybridized carbons (Fsp3) is 0.345. The zero-order valence-electron chi connectivity index (χ0n) is 21.2. The number of anilines is 3. The van der Waals surface area contributed by atoms with E-state index in [1.54, 1.807) is 6.20 Å². The molecule has 2 N–H and O–H groups in total. The van der Waals surface area contributed by atoms with Gasteiger partial charge >= 0.3 is 0 Å². The maximum atomic E-state index is 12.8. The zero-order valence-corrected chi connectivity index (χ0v) is 21.2. The van der Waals surface area contributed by atoms with Crippen molar-refractivity contribution in [1.29, 1.82) is 0 Å². The summed E-state index contributed by atoms with van der Waals surface area (Å²) >= 11 is 0. The topological polar surface area (TPSA) is 86.4 Å². The van der Waals surface area contributed by atoms with E-state index in [4.69, 9.17) is 14.7 Å². The zero-order chi connectivity index (χ0) is 25.2. The van der Waals surface area contributed by atoms with E-state index in [2.05, 4.69) is 51.3 Å². The number of likely N-dealkylation sites (tertiary alicyclic amines) is 1. The van der Waals surface area contributed by atoms with E-state index >= 15 is 0 Å². The predicted molar refractivity (Wildman–Crippen MR) is 148 cm³/mol. The summed E-state index contributed by atoms with van der Waals surface area (Å²) in [6.45, 7) is 8.56. The molecule has 6 rings (SSSR count). The van der Waals surface area contributed by atoms with Crippen LogP contribution in [0.1, 0.15) is 24.1 Å². The number of benzene rings is 1. The standard InChI is InChI=1S/C29H32N6O2/c1-20-16-23(6-7-26(20)35-12-14-37-15-13-35)32-28-27-21(8-9-30-29(27)36)17-25(33-28)22-4-5-24(31-18-22)19-34-10-2-3-11-34/h4-9,16-18H,2-3,10-15,19H2,1H3,(H,30,36)(H,32,33). The molecule has 5 heterocycles. The lowest BCUT2D eigenvalue weighted by Gasteiger charge is -2.30. The van der Waals surface area contributed by atoms with E-state index in [1.165, 1.54) is 24.1 Å². The summed E-state index contributed by atoms with van der Waals surface area (Å²) in [6.07, 6.45) is 6.10. The first-order chi connectivity index (χ1) is 18.1. The van der Waals surface area contributed by atoms with Crippen molar-refractivity contribution < 1.29 is 4.74 Å². The van der Waals surface area contributed by atoms with E-state index in [0.29, 0.717) is 11.2 Å². The van der Waals surface area contributed by atoms with Crippen LogP contribution in [0.2, 0.25) is 0 Å². The molecule has 8 nitrogen and oxygen atoms in total. The Morgan fingerprint density at radius 1 is 1.03 bits per heavy atom. The first-order valence-corrected chi connectivity index (χ1v) is 13.0. The van der Waals surface area contributed by atoms with Crippen LogP contribution in [0.3, 0.4) is 0 Å². The van der Waals surface area contributed by atoms with Crippen LogP contribution in [0.4, 0.5) is 17.2 Å². The highest BCUT2D eigenvalue weighted by atomic mass is 16.5. The molecule has 2 aliphatic heterocycles. The summed E-state index contributed by atoms with van der Waals surface area (Å²) in [7, 11) is 0. The number of aromatic amines is 1. The molecule has 2 saturated heterocycles. The predicted octanol–water partition coefficient (Wildman–Crippen LogP) is 4.47. The van der Waals surface area contributed by atoms with Gasteiger partial charge in [-0.05, 0) is 86.3 Å². The minimum Gasteiger partial charge on any atom is -0.378 e. The van der Waals surface area contributed by atoms with Crippen LogP contribution in [0, 0.1) is 6.92 Å². The summed E-state index contributed by atoms with van der Waals surface area (Å²) in [5, 5.41) is 4.80. The summed E-state index contributed by atoms with van der Waals surface area (Å²) in [5.41, 5.74) is 5.87. The van der Waals surface area contributed by atoms with Crippen molar-refractivity contribution >= 4 is 28.0 Å². The van der Waals surface area contributed by atoms with Crippen molar-refractivity contribution in [2.24, 2.45) is 0 Å². The number of rotatable bonds is 6. The van der Waals surface area contributed by atoms with Gasteiger partial charge in [-0.15, -0.1) is 0 Å². The van der Waals surface area contributed by atoms with Gasteiger partial charge in [-0.2, -0.15) is 0 Å². The van der Waals surface area contributed by atoms with Crippen LogP contribution in [-0.2, 0) is 11.3 Å². The van der Waals surface area contributed by atoms with Crippen LogP contribution >= 0.6 is 0 Å². The van der Waals surface area contributed by atoms with Crippen molar-refractivity contribution in [2.75, 3.05) is 49.6 Å². The molecule has 0 saturated carbocycles. The monoisotopic (exact) mass is 496 g/mol. The Morgan fingerprint density at radius 2 is 1.86 bits per heavy atom. The van der Waals surface area contributed by atoms with Crippen molar-refractivity contribution in [3.63, 3.8) is 0 Å². The third kappa shape index (κ3) is 5.08. The van der Waals surface area contributed by atoms with Crippen molar-refractivity contribution in [3.8, 4) is 11.3 Å². The third-order valence-electron chi connectivity index (χ3n) is 7.27. The molecule has 0 bridgehead atoms. The van der Waals surface area contributed by atoms with Crippen LogP contribution in [0.15, 0.2) is 59.7 Å². The smallest absolute Gasteiger partial charge is 0.259 e. The SMILES string of the molecule is Cc1cc(Nc2nc(-c3ccc(CN4CCCC4)nc3)cc3cc[nH]c(=O)c23)ccc1N1CCOCC1. The maximum absolute atomic E-state index is 12.8. The number of nitrogens with zero attached hydrogens (tertiary/aromatic N) is 4. The Labute approximate surface area is 216 Å². The number of aryl methyl sites for hydroxylation is 1. The van der Waals surface area contributed by atoms with Crippen LogP contribution < -0.4 is 15.8 Å². The molecular weight excluding hydrogens is 464 g/mol. The van der Waals surface area contributed by atoms with Crippen LogP contribution in [-0.4, -0.2) is 59.2 Å². The Kier molecular flexibility index (Phi) is 6.59. The van der Waals surface area contributed by atoms with Crippen LogP contribution in [0.5, 0.6) is 0 Å². The molecule has 1 aromatic carbocycles. The van der Waals surface area contributed by atoms with Gasteiger partial charge in [0.2, 0.25) is 0 Å². The lowest BCUT2D eigenvalue weighted by Crippen LogP contribution is -2.36. The molecular formula is C29H32N6O2. The molecule has 0 radical (unpaired) electrons. The minimum atomic E-state index is -0.167. The van der Waals surface area contributed by atoms with Gasteiger partial charge in [-0.3, -0.25) is 14.7 Å². The first-order valence-electron chi connectivity index (χ1n) is 13.0. The number of pyridine rings is 3. The number of H-pyrrole nitrogens is 1. The van der Waals surface area contributed by atoms with E-state index < -0.39 is 0 Å². The number of ether oxygens (including phenoxy) is 1. The molecule has 37 heavy (non-hydrogen) atoms. The van der Waals surface area contributed by atoms with Crippen molar-refractivity contribution in [3.05, 3.63) is 76.5 Å². The van der Waals surface area contributed by atoms with Crippen molar-refractivity contribution in [1.82, 2.24) is 19.9 Å². The van der Waals surface area contributed by atoms with Crippen molar-refractivity contribution in [2.45, 2.75) is 26.3 Å². The van der Waals surface area contributed by atoms with Gasteiger partial charge in [0.05, 0.1) is 30.0 Å². The quantitative estimate of drug-likeness (QED) is 0.407. The normalized spacial score (nSPS) is 16.4. The van der Waals surface area contributed by atoms with E-state index in [-0.39, 0.29) is 5.56 Å². The van der Waals surface area contributed by atoms with E-state index in [1.807, 2.05) is 24.4 Å². The lowest BCUT2D eigenvalue weighted by atomic mass is 10.1. The highest BCUT2D eigenvalue weighted by Gasteiger charge is 2.16. The van der Waals surface area contributed by atoms with E-state index in [9.17, 15) is 4.79 Å². The molecule has 3 aromatic heterocycles. The molecule has 2 fully saturated rings. The summed E-state index contributed by atoms with van der Waals surface area (Å²) in [4.78, 5) is 30.0. The fourth-order valence-electron chi connectivity index (χ4n) is 5.32. The average Bonchev–Trinajstić information content (AvgIpc) is 3.43. The first kappa shape index (κ1) is 23.6. The molecule has 0 amide bonds. The molecule has 0 unspecified atom stereocenters. The maximum Gasteiger partial charge on any atom is 0.259 e. The Hall–Kier alpha value is -3.75. The van der Waals surface area contributed by atoms with Gasteiger partial charge in [-0.25, -0.2) is 4.98 Å². The number of fused-ring (bicyclic) bond motifs is 1. The number of aromatic nitrogens is 3. The highest BCUT2D eigenvalue weighted by molar-refractivity contribution is 5.95. The average molecular weight is 497 g/mol. The molecule has 0 spiro atoms. The largest absolute Gasteiger partial charge is 0.378 e. The molecule has 0 atom stereocenters. The molecule has 8 heteroatoms. The molecule has 190 valence electrons. The molecule has 2 aliphatic rings. The molecule has 4 aromatic rings. The minimum absolute atomic E-state index is 0.167. The Morgan fingerprint density at radius 3 is 2.62 bits per heavy atom. The Balaban J connectivity index is 1.31. The third-order valence-corrected chi connectivity index (χ3v) is 7.27. The second-order valence-corrected chi connectivity index (χ2v) is 9.87. The van der Waals surface area contributed by atoms with Gasteiger partial charge < -0.3 is 19.9 Å². The van der Waals surface area contributed by atoms with E-state index in [0.717, 1.165) is 74.0 Å². The Bertz CT molecular complexity index is 1450. The second-order valence-electron chi connectivity index (χ2n) is 9.87. The second kappa shape index (κ2) is 10.3. The number of hydrogen-bond acceptors (Lipinski definition) is 7. The van der Waals surface area contributed by atoms with Gasteiger partial charge in [0, 0.05) is 49.0 Å². The molecule has 0 aliphatic carbocycles. The number of hydrogen-bond donors (Lipinski definition) is 2. The summed E-state index contributed by atoms with van der Waals surface area (Å²) < 4.78 is 5.50. The summed E-state index contributed by atoms with van der Waals surface area (Å²) in [6, 6.07) is 14.3. The van der Waals surface area contributed by atoms with Gasteiger partial charge in [0.25, 0.3) is 5.56 Å². The van der Waals surface area contributed by atoms with Gasteiger partial charge in [0.15, 0.2) is 0 Å². The fourth-order valence-corrected chi connectivity index (χ4v) is 5.32. The lowest BCUT2D eigenvalue weighted by molar-refractivity contribution is 0.122. The van der Waals surface area contributed by atoms with Crippen LogP contribution in [0.25, 0.3) is 22.0 Å². The number of morpholine rings is 1. The van der Waals surface area contributed by atoms with Gasteiger partial charge in [0.1, 0.15) is 5.82 Å². The number of nitrogens with one attached hydrogen (secondary N) is 2. The summed E-state index contributed by atoms with van der Waals surface area (Å²) in [5.74, 6) is 0.536. The van der Waals surface area contributed by atoms with Gasteiger partial charge in [-0.1, -0.05) is 0 Å². The highest BCUT2D eigenvalue weighted by Crippen LogP contribution is 2.30.